The summed E-state index contributed by atoms with van der Waals surface area (Å²) in [4.78, 5) is 68.3. The first-order valence-electron chi connectivity index (χ1n) is 13.7. The van der Waals surface area contributed by atoms with Crippen molar-refractivity contribution in [3.8, 4) is 5.75 Å². The van der Waals surface area contributed by atoms with Crippen molar-refractivity contribution in [3.63, 3.8) is 0 Å². The van der Waals surface area contributed by atoms with E-state index in [0.29, 0.717) is 19.5 Å². The number of ketones is 1. The van der Waals surface area contributed by atoms with Crippen LogP contribution in [0.2, 0.25) is 0 Å². The molecule has 0 unspecified atom stereocenters. The van der Waals surface area contributed by atoms with Crippen molar-refractivity contribution in [2.45, 2.75) is 57.0 Å². The molecule has 22 heteroatoms. The lowest BCUT2D eigenvalue weighted by Crippen LogP contribution is -2.37. The fourth-order valence-corrected chi connectivity index (χ4v) is 4.95. The highest BCUT2D eigenvalue weighted by Gasteiger charge is 2.39. The number of hydrogen-bond acceptors (Lipinski definition) is 10. The van der Waals surface area contributed by atoms with Crippen molar-refractivity contribution < 1.29 is 84.7 Å². The number of alkyl halides is 6. The number of Topliss-reactive ketones (excluding diaryl/α,β-unsaturated/α-hetero) is 1. The number of ether oxygens (including phenoxy) is 1. The molecule has 0 saturated carbocycles. The molecule has 1 aromatic heterocycles. The molecule has 1 fully saturated rings. The van der Waals surface area contributed by atoms with Crippen molar-refractivity contribution in [1.29, 1.82) is 5.41 Å². The Morgan fingerprint density at radius 1 is 0.960 bits per heavy atom. The van der Waals surface area contributed by atoms with E-state index in [-0.39, 0.29) is 47.1 Å². The van der Waals surface area contributed by atoms with E-state index in [1.165, 1.54) is 12.1 Å². The molecule has 14 nitrogen and oxygen atoms in total. The van der Waals surface area contributed by atoms with Gasteiger partial charge in [-0.15, -0.1) is 11.3 Å². The summed E-state index contributed by atoms with van der Waals surface area (Å²) >= 11 is 1.14. The van der Waals surface area contributed by atoms with Crippen LogP contribution in [-0.4, -0.2) is 91.7 Å². The van der Waals surface area contributed by atoms with Gasteiger partial charge in [-0.1, -0.05) is 0 Å². The molecule has 1 saturated heterocycles. The van der Waals surface area contributed by atoms with Crippen molar-refractivity contribution in [2.24, 2.45) is 11.7 Å². The molecule has 3 rings (SSSR count). The predicted molar refractivity (Wildman–Crippen MR) is 155 cm³/mol. The summed E-state index contributed by atoms with van der Waals surface area (Å²) in [5.74, 6) is -11.3. The number of carboxylic acid groups (broad SMARTS) is 4. The van der Waals surface area contributed by atoms with Crippen LogP contribution in [0.15, 0.2) is 30.3 Å². The Hall–Kier alpha value is -5.12. The van der Waals surface area contributed by atoms with Gasteiger partial charge in [0.2, 0.25) is 0 Å². The fraction of sp³-hybridized carbons (Fsp3) is 0.393. The molecular formula is C28H28F7N3O11S. The van der Waals surface area contributed by atoms with Crippen LogP contribution in [-0.2, 0) is 30.5 Å². The molecule has 1 aliphatic heterocycles. The summed E-state index contributed by atoms with van der Waals surface area (Å²) in [6, 6.07) is 6.37. The topological polar surface area (TPSA) is 246 Å². The van der Waals surface area contributed by atoms with E-state index >= 15 is 0 Å². The second-order valence-corrected chi connectivity index (χ2v) is 11.3. The van der Waals surface area contributed by atoms with Gasteiger partial charge in [0, 0.05) is 29.8 Å². The van der Waals surface area contributed by atoms with E-state index in [9.17, 15) is 55.0 Å². The summed E-state index contributed by atoms with van der Waals surface area (Å²) in [6.07, 6.45) is -9.52. The number of esters is 1. The lowest BCUT2D eigenvalue weighted by atomic mass is 9.93. The van der Waals surface area contributed by atoms with Gasteiger partial charge in [0.15, 0.2) is 17.3 Å². The minimum atomic E-state index is -5.08. The smallest absolute Gasteiger partial charge is 0.481 e. The van der Waals surface area contributed by atoms with Crippen molar-refractivity contribution >= 4 is 52.8 Å². The molecule has 7 N–H and O–H groups in total. The Bertz CT molecular complexity index is 1550. The summed E-state index contributed by atoms with van der Waals surface area (Å²) < 4.78 is 82.8. The number of thiophene rings is 1. The average molecular weight is 748 g/mol. The number of benzene rings is 1. The van der Waals surface area contributed by atoms with Gasteiger partial charge < -0.3 is 30.9 Å². The Balaban J connectivity index is 0.000000748. The molecule has 0 amide bonds. The first kappa shape index (κ1) is 42.9. The third-order valence-electron chi connectivity index (χ3n) is 6.39. The molecule has 1 aromatic carbocycles. The highest BCUT2D eigenvalue weighted by atomic mass is 32.1. The average Bonchev–Trinajstić information content (AvgIpc) is 3.65. The van der Waals surface area contributed by atoms with E-state index in [1.807, 2.05) is 4.90 Å². The van der Waals surface area contributed by atoms with Gasteiger partial charge in [-0.3, -0.25) is 24.7 Å². The van der Waals surface area contributed by atoms with E-state index < -0.39 is 60.0 Å². The van der Waals surface area contributed by atoms with Crippen LogP contribution >= 0.6 is 11.3 Å². The number of nitrogens with two attached hydrogens (primary N) is 1. The standard InChI is InChI=1S/C24H26FN3O7S.2C2HF3O2/c25-16-10-13(22(26)27)3-6-19(16)35-24(34)20-7-5-15(36-20)12-28-9-1-2-17(28)18(29)11-14(23(32)33)4-8-21(30)31;2*3-2(4,5)1(6)7/h3,5-7,10,14,17H,1-2,4,8-9,11-12H2,(H3,26,27)(H,30,31)(H,32,33);2*(H,6,7)/t14-,17+;;/m0../s1. The third-order valence-corrected chi connectivity index (χ3v) is 7.44. The Kier molecular flexibility index (Phi) is 16.0. The van der Waals surface area contributed by atoms with Gasteiger partial charge in [-0.25, -0.2) is 18.8 Å². The Labute approximate surface area is 280 Å². The number of halogens is 7. The van der Waals surface area contributed by atoms with Crippen LogP contribution in [0.25, 0.3) is 0 Å². The number of carbonyl (C=O) groups excluding carboxylic acids is 2. The summed E-state index contributed by atoms with van der Waals surface area (Å²) in [7, 11) is 0. The molecule has 2 atom stereocenters. The number of aliphatic carboxylic acids is 4. The summed E-state index contributed by atoms with van der Waals surface area (Å²) in [6.45, 7) is 0.984. The molecule has 0 aliphatic carbocycles. The summed E-state index contributed by atoms with van der Waals surface area (Å²) in [5.41, 5.74) is 5.49. The normalized spacial score (nSPS) is 15.0. The third kappa shape index (κ3) is 14.6. The SMILES string of the molecule is N=C(N)c1ccc(OC(=O)c2ccc(CN3CCC[C@@H]3C(=O)C[C@H](CCC(=O)O)C(=O)O)s2)c(F)c1.O=C(O)C(F)(F)F.O=C(O)C(F)(F)F. The second-order valence-electron chi connectivity index (χ2n) is 10.1. The number of amidine groups is 1. The maximum absolute atomic E-state index is 14.2. The minimum absolute atomic E-state index is 0.113. The molecule has 0 spiro atoms. The number of hydrogen-bond donors (Lipinski definition) is 6. The Morgan fingerprint density at radius 2 is 1.52 bits per heavy atom. The largest absolute Gasteiger partial charge is 0.490 e. The number of nitrogen functional groups attached to an aromatic ring is 1. The predicted octanol–water partition coefficient (Wildman–Crippen LogP) is 4.15. The number of rotatable bonds is 12. The van der Waals surface area contributed by atoms with E-state index in [2.05, 4.69) is 0 Å². The van der Waals surface area contributed by atoms with Gasteiger partial charge in [-0.05, 0) is 56.1 Å². The first-order chi connectivity index (χ1) is 22.9. The van der Waals surface area contributed by atoms with Crippen LogP contribution in [0.5, 0.6) is 5.75 Å². The van der Waals surface area contributed by atoms with Crippen molar-refractivity contribution in [3.05, 3.63) is 51.5 Å². The van der Waals surface area contributed by atoms with Crippen LogP contribution in [0.1, 0.15) is 52.2 Å². The van der Waals surface area contributed by atoms with Crippen LogP contribution in [0, 0.1) is 17.1 Å². The molecule has 50 heavy (non-hydrogen) atoms. The Morgan fingerprint density at radius 3 is 1.98 bits per heavy atom. The van der Waals surface area contributed by atoms with Gasteiger partial charge in [0.05, 0.1) is 12.0 Å². The van der Waals surface area contributed by atoms with E-state index in [0.717, 1.165) is 28.7 Å². The van der Waals surface area contributed by atoms with Crippen LogP contribution < -0.4 is 10.5 Å². The van der Waals surface area contributed by atoms with E-state index in [4.69, 9.17) is 40.8 Å². The maximum atomic E-state index is 14.2. The zero-order valence-electron chi connectivity index (χ0n) is 25.2. The van der Waals surface area contributed by atoms with Crippen LogP contribution in [0.3, 0.4) is 0 Å². The van der Waals surface area contributed by atoms with Crippen LogP contribution in [0.4, 0.5) is 30.7 Å². The fourth-order valence-electron chi connectivity index (χ4n) is 4.04. The van der Waals surface area contributed by atoms with Gasteiger partial charge in [0.25, 0.3) is 0 Å². The quantitative estimate of drug-likeness (QED) is 0.0588. The number of nitrogens with zero attached hydrogens (tertiary/aromatic N) is 1. The molecule has 1 aliphatic rings. The number of likely N-dealkylation sites (tertiary alicyclic amines) is 1. The molecule has 2 heterocycles. The highest BCUT2D eigenvalue weighted by Crippen LogP contribution is 2.28. The highest BCUT2D eigenvalue weighted by molar-refractivity contribution is 7.13. The van der Waals surface area contributed by atoms with Crippen molar-refractivity contribution in [1.82, 2.24) is 4.90 Å². The van der Waals surface area contributed by atoms with Gasteiger partial charge in [-0.2, -0.15) is 26.3 Å². The van der Waals surface area contributed by atoms with Crippen molar-refractivity contribution in [2.75, 3.05) is 6.54 Å². The maximum Gasteiger partial charge on any atom is 0.490 e. The number of carboxylic acids is 4. The lowest BCUT2D eigenvalue weighted by Gasteiger charge is -2.24. The van der Waals surface area contributed by atoms with Gasteiger partial charge >= 0.3 is 42.2 Å². The number of carbonyl (C=O) groups is 6. The minimum Gasteiger partial charge on any atom is -0.481 e. The zero-order valence-corrected chi connectivity index (χ0v) is 26.0. The number of nitrogens with one attached hydrogen (secondary N) is 1. The second kappa shape index (κ2) is 18.6. The van der Waals surface area contributed by atoms with E-state index in [1.54, 1.807) is 12.1 Å². The van der Waals surface area contributed by atoms with Gasteiger partial charge in [0.1, 0.15) is 10.7 Å². The molecular weight excluding hydrogens is 719 g/mol. The molecule has 0 bridgehead atoms. The monoisotopic (exact) mass is 747 g/mol. The zero-order chi connectivity index (χ0) is 38.6. The molecule has 2 aromatic rings. The molecule has 0 radical (unpaired) electrons. The lowest BCUT2D eigenvalue weighted by molar-refractivity contribution is -0.193. The summed E-state index contributed by atoms with van der Waals surface area (Å²) in [5, 5.41) is 39.8. The molecule has 276 valence electrons. The first-order valence-corrected chi connectivity index (χ1v) is 14.5.